The van der Waals surface area contributed by atoms with Crippen LogP contribution in [-0.2, 0) is 4.74 Å². The first-order chi connectivity index (χ1) is 9.53. The van der Waals surface area contributed by atoms with E-state index in [0.29, 0.717) is 30.3 Å². The monoisotopic (exact) mass is 284 g/mol. The van der Waals surface area contributed by atoms with Gasteiger partial charge in [-0.05, 0) is 13.8 Å². The molecular formula is C13H20N2O5. The molecular weight excluding hydrogens is 264 g/mol. The zero-order valence-corrected chi connectivity index (χ0v) is 12.1. The second-order valence-electron chi connectivity index (χ2n) is 4.13. The van der Waals surface area contributed by atoms with E-state index < -0.39 is 4.92 Å². The highest BCUT2D eigenvalue weighted by Gasteiger charge is 2.19. The standard InChI is InChI=1S/C13H20N2O5/c1-5-20-9(2)8-14-10-6-12(18-3)13(19-4)7-11(10)15(16)17/h6-7,9,14H,5,8H2,1-4H3. The van der Waals surface area contributed by atoms with E-state index in [1.165, 1.54) is 20.3 Å². The van der Waals surface area contributed by atoms with Crippen LogP contribution in [0.5, 0.6) is 11.5 Å². The highest BCUT2D eigenvalue weighted by molar-refractivity contribution is 5.68. The molecule has 112 valence electrons. The Balaban J connectivity index is 3.00. The van der Waals surface area contributed by atoms with Crippen molar-refractivity contribution in [3.05, 3.63) is 22.2 Å². The smallest absolute Gasteiger partial charge is 0.296 e. The molecule has 0 heterocycles. The summed E-state index contributed by atoms with van der Waals surface area (Å²) in [5.74, 6) is 0.757. The number of ether oxygens (including phenoxy) is 3. The molecule has 0 aliphatic rings. The molecule has 0 bridgehead atoms. The van der Waals surface area contributed by atoms with Crippen molar-refractivity contribution in [1.29, 1.82) is 0 Å². The second-order valence-corrected chi connectivity index (χ2v) is 4.13. The number of nitro benzene ring substituents is 1. The fraction of sp³-hybridized carbons (Fsp3) is 0.538. The minimum Gasteiger partial charge on any atom is -0.493 e. The number of hydrogen-bond acceptors (Lipinski definition) is 6. The largest absolute Gasteiger partial charge is 0.493 e. The predicted octanol–water partition coefficient (Wildman–Crippen LogP) is 2.45. The Morgan fingerprint density at radius 2 is 1.90 bits per heavy atom. The van der Waals surface area contributed by atoms with Crippen molar-refractivity contribution >= 4 is 11.4 Å². The summed E-state index contributed by atoms with van der Waals surface area (Å²) in [6, 6.07) is 2.89. The first-order valence-electron chi connectivity index (χ1n) is 6.29. The maximum atomic E-state index is 11.1. The average molecular weight is 284 g/mol. The lowest BCUT2D eigenvalue weighted by atomic mass is 10.2. The molecule has 0 aliphatic heterocycles. The number of hydrogen-bond donors (Lipinski definition) is 1. The van der Waals surface area contributed by atoms with Crippen LogP contribution in [0.2, 0.25) is 0 Å². The molecule has 1 rings (SSSR count). The molecule has 1 aromatic rings. The van der Waals surface area contributed by atoms with Crippen LogP contribution in [0.3, 0.4) is 0 Å². The SMILES string of the molecule is CCOC(C)CNc1cc(OC)c(OC)cc1[N+](=O)[O-]. The molecule has 1 unspecified atom stereocenters. The number of methoxy groups -OCH3 is 2. The first kappa shape index (κ1) is 16.0. The topological polar surface area (TPSA) is 82.9 Å². The van der Waals surface area contributed by atoms with E-state index in [4.69, 9.17) is 14.2 Å². The lowest BCUT2D eigenvalue weighted by Crippen LogP contribution is -2.20. The third-order valence-electron chi connectivity index (χ3n) is 2.73. The minimum absolute atomic E-state index is 0.0484. The first-order valence-corrected chi connectivity index (χ1v) is 6.29. The molecule has 1 aromatic carbocycles. The van der Waals surface area contributed by atoms with Gasteiger partial charge in [-0.15, -0.1) is 0 Å². The third kappa shape index (κ3) is 3.99. The summed E-state index contributed by atoms with van der Waals surface area (Å²) in [5, 5.41) is 14.1. The number of nitro groups is 1. The number of rotatable bonds is 8. The summed E-state index contributed by atoms with van der Waals surface area (Å²) < 4.78 is 15.6. The van der Waals surface area contributed by atoms with E-state index in [-0.39, 0.29) is 11.8 Å². The number of nitrogens with zero attached hydrogens (tertiary/aromatic N) is 1. The molecule has 0 aromatic heterocycles. The molecule has 1 atom stereocenters. The van der Waals surface area contributed by atoms with Crippen LogP contribution in [-0.4, -0.2) is 38.4 Å². The van der Waals surface area contributed by atoms with Gasteiger partial charge in [-0.3, -0.25) is 10.1 Å². The van der Waals surface area contributed by atoms with Crippen molar-refractivity contribution in [2.45, 2.75) is 20.0 Å². The van der Waals surface area contributed by atoms with Crippen molar-refractivity contribution in [3.63, 3.8) is 0 Å². The molecule has 0 spiro atoms. The van der Waals surface area contributed by atoms with Gasteiger partial charge < -0.3 is 19.5 Å². The number of benzene rings is 1. The summed E-state index contributed by atoms with van der Waals surface area (Å²) in [6.45, 7) is 4.85. The van der Waals surface area contributed by atoms with Gasteiger partial charge in [0.2, 0.25) is 0 Å². The van der Waals surface area contributed by atoms with Crippen molar-refractivity contribution in [2.75, 3.05) is 32.7 Å². The summed E-state index contributed by atoms with van der Waals surface area (Å²) in [5.41, 5.74) is 0.311. The van der Waals surface area contributed by atoms with Crippen LogP contribution < -0.4 is 14.8 Å². The Hall–Kier alpha value is -2.02. The van der Waals surface area contributed by atoms with Crippen molar-refractivity contribution in [1.82, 2.24) is 0 Å². The van der Waals surface area contributed by atoms with Crippen LogP contribution in [0.4, 0.5) is 11.4 Å². The lowest BCUT2D eigenvalue weighted by Gasteiger charge is -2.15. The molecule has 0 aliphatic carbocycles. The quantitative estimate of drug-likeness (QED) is 0.583. The van der Waals surface area contributed by atoms with Gasteiger partial charge in [0.15, 0.2) is 11.5 Å². The van der Waals surface area contributed by atoms with Crippen LogP contribution in [0.15, 0.2) is 12.1 Å². The molecule has 20 heavy (non-hydrogen) atoms. The minimum atomic E-state index is -0.463. The molecule has 0 radical (unpaired) electrons. The Morgan fingerprint density at radius 3 is 2.40 bits per heavy atom. The van der Waals surface area contributed by atoms with E-state index in [0.717, 1.165) is 0 Å². The summed E-state index contributed by atoms with van der Waals surface area (Å²) in [4.78, 5) is 10.6. The normalized spacial score (nSPS) is 11.8. The van der Waals surface area contributed by atoms with E-state index in [2.05, 4.69) is 5.32 Å². The van der Waals surface area contributed by atoms with Crippen molar-refractivity contribution in [3.8, 4) is 11.5 Å². The fourth-order valence-electron chi connectivity index (χ4n) is 1.76. The Labute approximate surface area is 118 Å². The van der Waals surface area contributed by atoms with Gasteiger partial charge in [0.25, 0.3) is 5.69 Å². The second kappa shape index (κ2) is 7.54. The highest BCUT2D eigenvalue weighted by Crippen LogP contribution is 2.37. The van der Waals surface area contributed by atoms with Gasteiger partial charge in [0.05, 0.1) is 31.3 Å². The molecule has 0 amide bonds. The van der Waals surface area contributed by atoms with E-state index in [1.54, 1.807) is 6.07 Å². The number of anilines is 1. The molecule has 7 heteroatoms. The Bertz CT molecular complexity index is 464. The third-order valence-corrected chi connectivity index (χ3v) is 2.73. The molecule has 0 fully saturated rings. The maximum Gasteiger partial charge on any atom is 0.296 e. The van der Waals surface area contributed by atoms with E-state index in [9.17, 15) is 10.1 Å². The molecule has 7 nitrogen and oxygen atoms in total. The van der Waals surface area contributed by atoms with Gasteiger partial charge in [0.1, 0.15) is 5.69 Å². The Morgan fingerprint density at radius 1 is 1.30 bits per heavy atom. The molecule has 1 N–H and O–H groups in total. The van der Waals surface area contributed by atoms with Crippen LogP contribution >= 0.6 is 0 Å². The van der Waals surface area contributed by atoms with E-state index >= 15 is 0 Å². The Kier molecular flexibility index (Phi) is 6.05. The van der Waals surface area contributed by atoms with E-state index in [1.807, 2.05) is 13.8 Å². The predicted molar refractivity (Wildman–Crippen MR) is 75.8 cm³/mol. The molecule has 0 saturated carbocycles. The fourth-order valence-corrected chi connectivity index (χ4v) is 1.76. The summed E-state index contributed by atoms with van der Waals surface area (Å²) in [7, 11) is 2.92. The van der Waals surface area contributed by atoms with Gasteiger partial charge in [-0.25, -0.2) is 0 Å². The lowest BCUT2D eigenvalue weighted by molar-refractivity contribution is -0.384. The van der Waals surface area contributed by atoms with Crippen LogP contribution in [0.1, 0.15) is 13.8 Å². The van der Waals surface area contributed by atoms with Crippen molar-refractivity contribution < 1.29 is 19.1 Å². The highest BCUT2D eigenvalue weighted by atomic mass is 16.6. The maximum absolute atomic E-state index is 11.1. The van der Waals surface area contributed by atoms with Gasteiger partial charge in [0, 0.05) is 19.2 Å². The zero-order chi connectivity index (χ0) is 15.1. The van der Waals surface area contributed by atoms with Crippen LogP contribution in [0, 0.1) is 10.1 Å². The summed E-state index contributed by atoms with van der Waals surface area (Å²) in [6.07, 6.45) is -0.0484. The summed E-state index contributed by atoms with van der Waals surface area (Å²) >= 11 is 0. The van der Waals surface area contributed by atoms with Gasteiger partial charge in [-0.2, -0.15) is 0 Å². The average Bonchev–Trinajstić information content (AvgIpc) is 2.44. The zero-order valence-electron chi connectivity index (χ0n) is 12.1. The number of nitrogens with one attached hydrogen (secondary N) is 1. The van der Waals surface area contributed by atoms with Gasteiger partial charge >= 0.3 is 0 Å². The molecule has 0 saturated heterocycles. The van der Waals surface area contributed by atoms with Crippen LogP contribution in [0.25, 0.3) is 0 Å². The van der Waals surface area contributed by atoms with Crippen molar-refractivity contribution in [2.24, 2.45) is 0 Å². The van der Waals surface area contributed by atoms with Gasteiger partial charge in [-0.1, -0.05) is 0 Å².